The van der Waals surface area contributed by atoms with Gasteiger partial charge >= 0.3 is 0 Å². The van der Waals surface area contributed by atoms with Gasteiger partial charge in [-0.3, -0.25) is 0 Å². The third-order valence-electron chi connectivity index (χ3n) is 1.10. The van der Waals surface area contributed by atoms with Gasteiger partial charge in [-0.1, -0.05) is 11.6 Å². The summed E-state index contributed by atoms with van der Waals surface area (Å²) in [6.07, 6.45) is 0. The van der Waals surface area contributed by atoms with Crippen LogP contribution in [0.5, 0.6) is 0 Å². The minimum Gasteiger partial charge on any atom is -0.399 e. The standard InChI is InChI=1S/C6H6ClFN2/c7-4-1-3(9)2-5(8)6(4)10/h1-2H,9-10H2. The van der Waals surface area contributed by atoms with Gasteiger partial charge in [-0.05, 0) is 12.1 Å². The molecule has 1 aromatic rings. The lowest BCUT2D eigenvalue weighted by Crippen LogP contribution is -1.94. The summed E-state index contributed by atoms with van der Waals surface area (Å²) >= 11 is 5.47. The van der Waals surface area contributed by atoms with Crippen molar-refractivity contribution in [2.75, 3.05) is 11.5 Å². The van der Waals surface area contributed by atoms with E-state index in [1.165, 1.54) is 6.07 Å². The molecule has 0 aliphatic rings. The zero-order valence-corrected chi connectivity index (χ0v) is 5.82. The second-order valence-electron chi connectivity index (χ2n) is 1.90. The van der Waals surface area contributed by atoms with E-state index in [-0.39, 0.29) is 16.4 Å². The molecule has 0 aliphatic carbocycles. The van der Waals surface area contributed by atoms with Crippen LogP contribution in [0.1, 0.15) is 0 Å². The molecule has 1 rings (SSSR count). The van der Waals surface area contributed by atoms with E-state index in [2.05, 4.69) is 0 Å². The van der Waals surface area contributed by atoms with Crippen LogP contribution in [-0.2, 0) is 0 Å². The second-order valence-corrected chi connectivity index (χ2v) is 2.31. The topological polar surface area (TPSA) is 52.0 Å². The van der Waals surface area contributed by atoms with Crippen molar-refractivity contribution in [3.63, 3.8) is 0 Å². The Morgan fingerprint density at radius 3 is 2.40 bits per heavy atom. The Labute approximate surface area is 62.6 Å². The van der Waals surface area contributed by atoms with Crippen molar-refractivity contribution < 1.29 is 4.39 Å². The van der Waals surface area contributed by atoms with E-state index in [0.29, 0.717) is 0 Å². The van der Waals surface area contributed by atoms with Crippen molar-refractivity contribution in [2.24, 2.45) is 0 Å². The van der Waals surface area contributed by atoms with Gasteiger partial charge in [0.1, 0.15) is 5.82 Å². The number of hydrogen-bond acceptors (Lipinski definition) is 2. The fourth-order valence-electron chi connectivity index (χ4n) is 0.604. The van der Waals surface area contributed by atoms with Crippen LogP contribution in [0.15, 0.2) is 12.1 Å². The fourth-order valence-corrected chi connectivity index (χ4v) is 0.820. The average molecular weight is 161 g/mol. The van der Waals surface area contributed by atoms with Crippen molar-refractivity contribution in [3.8, 4) is 0 Å². The minimum absolute atomic E-state index is 0.0594. The summed E-state index contributed by atoms with van der Waals surface area (Å²) in [4.78, 5) is 0. The van der Waals surface area contributed by atoms with Gasteiger partial charge < -0.3 is 11.5 Å². The maximum absolute atomic E-state index is 12.6. The smallest absolute Gasteiger partial charge is 0.149 e. The number of benzene rings is 1. The maximum Gasteiger partial charge on any atom is 0.149 e. The van der Waals surface area contributed by atoms with Gasteiger partial charge in [0.2, 0.25) is 0 Å². The zero-order valence-electron chi connectivity index (χ0n) is 5.07. The molecule has 0 aromatic heterocycles. The van der Waals surface area contributed by atoms with Crippen LogP contribution < -0.4 is 11.5 Å². The molecule has 0 radical (unpaired) electrons. The molecule has 4 heteroatoms. The Balaban J connectivity index is 3.31. The van der Waals surface area contributed by atoms with Crippen LogP contribution in [0.25, 0.3) is 0 Å². The highest BCUT2D eigenvalue weighted by atomic mass is 35.5. The summed E-state index contributed by atoms with van der Waals surface area (Å²) in [7, 11) is 0. The van der Waals surface area contributed by atoms with E-state index in [1.54, 1.807) is 0 Å². The van der Waals surface area contributed by atoms with Gasteiger partial charge in [-0.15, -0.1) is 0 Å². The lowest BCUT2D eigenvalue weighted by molar-refractivity contribution is 0.633. The Kier molecular flexibility index (Phi) is 1.68. The Bertz CT molecular complexity index is 239. The van der Waals surface area contributed by atoms with Crippen LogP contribution in [-0.4, -0.2) is 0 Å². The Morgan fingerprint density at radius 2 is 1.90 bits per heavy atom. The molecular weight excluding hydrogens is 155 g/mol. The van der Waals surface area contributed by atoms with Crippen molar-refractivity contribution in [1.29, 1.82) is 0 Å². The number of nitrogens with two attached hydrogens (primary N) is 2. The molecule has 54 valence electrons. The van der Waals surface area contributed by atoms with E-state index >= 15 is 0 Å². The second kappa shape index (κ2) is 2.34. The molecule has 1 aromatic carbocycles. The first-order valence-corrected chi connectivity index (χ1v) is 2.99. The van der Waals surface area contributed by atoms with Crippen LogP contribution in [0.3, 0.4) is 0 Å². The molecule has 0 amide bonds. The molecule has 0 atom stereocenters. The summed E-state index contributed by atoms with van der Waals surface area (Å²) in [6.45, 7) is 0. The third-order valence-corrected chi connectivity index (χ3v) is 1.41. The molecule has 0 spiro atoms. The van der Waals surface area contributed by atoms with Gasteiger partial charge in [0, 0.05) is 5.69 Å². The van der Waals surface area contributed by atoms with Crippen molar-refractivity contribution in [1.82, 2.24) is 0 Å². The highest BCUT2D eigenvalue weighted by molar-refractivity contribution is 6.33. The van der Waals surface area contributed by atoms with Gasteiger partial charge in [-0.25, -0.2) is 4.39 Å². The van der Waals surface area contributed by atoms with Gasteiger partial charge in [0.25, 0.3) is 0 Å². The summed E-state index contributed by atoms with van der Waals surface area (Å²) in [6, 6.07) is 2.53. The highest BCUT2D eigenvalue weighted by Gasteiger charge is 2.02. The van der Waals surface area contributed by atoms with Crippen LogP contribution >= 0.6 is 11.6 Å². The van der Waals surface area contributed by atoms with Crippen molar-refractivity contribution in [3.05, 3.63) is 23.0 Å². The molecule has 10 heavy (non-hydrogen) atoms. The minimum atomic E-state index is -0.579. The first kappa shape index (κ1) is 7.15. The lowest BCUT2D eigenvalue weighted by atomic mass is 10.3. The molecule has 0 heterocycles. The fraction of sp³-hybridized carbons (Fsp3) is 0. The maximum atomic E-state index is 12.6. The molecule has 0 unspecified atom stereocenters. The van der Waals surface area contributed by atoms with Gasteiger partial charge in [-0.2, -0.15) is 0 Å². The van der Waals surface area contributed by atoms with Crippen LogP contribution in [0.4, 0.5) is 15.8 Å². The number of anilines is 2. The summed E-state index contributed by atoms with van der Waals surface area (Å²) < 4.78 is 12.6. The first-order chi connectivity index (χ1) is 4.61. The molecule has 0 saturated carbocycles. The number of halogens is 2. The summed E-state index contributed by atoms with van der Waals surface area (Å²) in [5.74, 6) is -0.579. The number of rotatable bonds is 0. The average Bonchev–Trinajstić information content (AvgIpc) is 1.82. The monoisotopic (exact) mass is 160 g/mol. The van der Waals surface area contributed by atoms with Gasteiger partial charge in [0.15, 0.2) is 0 Å². The number of hydrogen-bond donors (Lipinski definition) is 2. The van der Waals surface area contributed by atoms with Crippen LogP contribution in [0, 0.1) is 5.82 Å². The van der Waals surface area contributed by atoms with Crippen LogP contribution in [0.2, 0.25) is 5.02 Å². The highest BCUT2D eigenvalue weighted by Crippen LogP contribution is 2.24. The number of nitrogen functional groups attached to an aromatic ring is 2. The van der Waals surface area contributed by atoms with Gasteiger partial charge in [0.05, 0.1) is 10.7 Å². The lowest BCUT2D eigenvalue weighted by Gasteiger charge is -1.99. The van der Waals surface area contributed by atoms with E-state index in [9.17, 15) is 4.39 Å². The largest absolute Gasteiger partial charge is 0.399 e. The Morgan fingerprint density at radius 1 is 1.30 bits per heavy atom. The molecule has 0 saturated heterocycles. The van der Waals surface area contributed by atoms with E-state index in [1.807, 2.05) is 0 Å². The molecule has 4 N–H and O–H groups in total. The summed E-state index contributed by atoms with van der Waals surface area (Å²) in [5, 5.41) is 0.150. The first-order valence-electron chi connectivity index (χ1n) is 2.61. The SMILES string of the molecule is Nc1cc(F)c(N)c(Cl)c1. The van der Waals surface area contributed by atoms with E-state index < -0.39 is 5.82 Å². The normalized spacial score (nSPS) is 9.80. The Hall–Kier alpha value is -0.960. The molecule has 0 fully saturated rings. The molecule has 0 aliphatic heterocycles. The van der Waals surface area contributed by atoms with E-state index in [0.717, 1.165) is 6.07 Å². The third kappa shape index (κ3) is 1.14. The molecule has 0 bridgehead atoms. The zero-order chi connectivity index (χ0) is 7.72. The van der Waals surface area contributed by atoms with Crippen molar-refractivity contribution >= 4 is 23.0 Å². The summed E-state index contributed by atoms with van der Waals surface area (Å²) in [5.41, 5.74) is 10.7. The van der Waals surface area contributed by atoms with E-state index in [4.69, 9.17) is 23.1 Å². The molecular formula is C6H6ClFN2. The van der Waals surface area contributed by atoms with Crippen molar-refractivity contribution in [2.45, 2.75) is 0 Å². The predicted molar refractivity (Wildman–Crippen MR) is 40.2 cm³/mol. The molecule has 2 nitrogen and oxygen atoms in total. The quantitative estimate of drug-likeness (QED) is 0.567. The predicted octanol–water partition coefficient (Wildman–Crippen LogP) is 1.64.